The lowest BCUT2D eigenvalue weighted by Crippen LogP contribution is -2.34. The molecule has 0 aliphatic carbocycles. The Morgan fingerprint density at radius 3 is 2.22 bits per heavy atom. The summed E-state index contributed by atoms with van der Waals surface area (Å²) in [6, 6.07) is 6.02. The highest BCUT2D eigenvalue weighted by molar-refractivity contribution is 7.86. The first-order chi connectivity index (χ1) is 8.36. The first-order valence-corrected chi connectivity index (χ1v) is 6.70. The van der Waals surface area contributed by atoms with Crippen LogP contribution in [-0.2, 0) is 14.3 Å². The normalized spacial score (nSPS) is 15.3. The predicted molar refractivity (Wildman–Crippen MR) is 63.4 cm³/mol. The molecule has 3 N–H and O–H groups in total. The summed E-state index contributed by atoms with van der Waals surface area (Å²) in [5, 5.41) is 26.9. The van der Waals surface area contributed by atoms with Crippen LogP contribution in [0.15, 0.2) is 29.2 Å². The van der Waals surface area contributed by atoms with Gasteiger partial charge in [-0.3, -0.25) is 4.18 Å². The molecule has 0 spiro atoms. The van der Waals surface area contributed by atoms with Crippen molar-refractivity contribution in [1.29, 1.82) is 0 Å². The predicted octanol–water partition coefficient (Wildman–Crippen LogP) is -0.586. The Morgan fingerprint density at radius 1 is 1.17 bits per heavy atom. The molecule has 0 aromatic heterocycles. The third kappa shape index (κ3) is 4.04. The Bertz CT molecular complexity index is 467. The summed E-state index contributed by atoms with van der Waals surface area (Å²) in [6.45, 7) is 0.533. The zero-order valence-electron chi connectivity index (χ0n) is 9.85. The van der Waals surface area contributed by atoms with Crippen molar-refractivity contribution in [3.63, 3.8) is 0 Å². The maximum atomic E-state index is 11.7. The van der Waals surface area contributed by atoms with Crippen LogP contribution in [0.3, 0.4) is 0 Å². The number of hydrogen-bond donors (Lipinski definition) is 3. The lowest BCUT2D eigenvalue weighted by atomic mass is 10.2. The molecule has 7 heteroatoms. The van der Waals surface area contributed by atoms with E-state index < -0.39 is 35.5 Å². The van der Waals surface area contributed by atoms with Gasteiger partial charge in [0.1, 0.15) is 12.2 Å². The molecule has 0 fully saturated rings. The van der Waals surface area contributed by atoms with Gasteiger partial charge in [-0.25, -0.2) is 0 Å². The van der Waals surface area contributed by atoms with Crippen LogP contribution in [0.25, 0.3) is 0 Å². The van der Waals surface area contributed by atoms with E-state index in [1.54, 1.807) is 12.1 Å². The van der Waals surface area contributed by atoms with Gasteiger partial charge in [0.05, 0.1) is 18.1 Å². The van der Waals surface area contributed by atoms with Crippen molar-refractivity contribution >= 4 is 10.1 Å². The van der Waals surface area contributed by atoms with E-state index in [-0.39, 0.29) is 4.90 Å². The fraction of sp³-hybridized carbons (Fsp3) is 0.455. The van der Waals surface area contributed by atoms with Gasteiger partial charge in [-0.15, -0.1) is 0 Å². The van der Waals surface area contributed by atoms with E-state index in [2.05, 4.69) is 4.18 Å². The molecule has 0 heterocycles. The maximum Gasteiger partial charge on any atom is 0.297 e. The summed E-state index contributed by atoms with van der Waals surface area (Å²) >= 11 is 0. The van der Waals surface area contributed by atoms with Crippen LogP contribution in [0.2, 0.25) is 0 Å². The van der Waals surface area contributed by atoms with Crippen LogP contribution >= 0.6 is 0 Å². The topological polar surface area (TPSA) is 104 Å². The lowest BCUT2D eigenvalue weighted by molar-refractivity contribution is -0.0329. The molecule has 1 aromatic rings. The molecule has 0 saturated heterocycles. The van der Waals surface area contributed by atoms with Crippen LogP contribution in [-0.4, -0.2) is 49.2 Å². The van der Waals surface area contributed by atoms with Crippen molar-refractivity contribution in [3.8, 4) is 0 Å². The van der Waals surface area contributed by atoms with Gasteiger partial charge in [-0.1, -0.05) is 17.7 Å². The van der Waals surface area contributed by atoms with Crippen LogP contribution in [0.1, 0.15) is 5.56 Å². The van der Waals surface area contributed by atoms with Crippen molar-refractivity contribution in [2.45, 2.75) is 24.0 Å². The van der Waals surface area contributed by atoms with E-state index in [1.807, 2.05) is 6.92 Å². The maximum absolute atomic E-state index is 11.7. The number of rotatable bonds is 6. The quantitative estimate of drug-likeness (QED) is 0.600. The fourth-order valence-corrected chi connectivity index (χ4v) is 2.09. The minimum atomic E-state index is -3.97. The van der Waals surface area contributed by atoms with Crippen molar-refractivity contribution < 1.29 is 27.9 Å². The third-order valence-corrected chi connectivity index (χ3v) is 3.63. The fourth-order valence-electron chi connectivity index (χ4n) is 1.17. The smallest absolute Gasteiger partial charge is 0.297 e. The monoisotopic (exact) mass is 276 g/mol. The van der Waals surface area contributed by atoms with Crippen LogP contribution in [0.5, 0.6) is 0 Å². The Balaban J connectivity index is 2.68. The van der Waals surface area contributed by atoms with Crippen molar-refractivity contribution in [1.82, 2.24) is 0 Å². The summed E-state index contributed by atoms with van der Waals surface area (Å²) in [4.78, 5) is -0.0289. The third-order valence-electron chi connectivity index (χ3n) is 2.33. The van der Waals surface area contributed by atoms with E-state index in [0.717, 1.165) is 5.56 Å². The van der Waals surface area contributed by atoms with E-state index in [4.69, 9.17) is 10.2 Å². The van der Waals surface area contributed by atoms with Gasteiger partial charge in [0.25, 0.3) is 10.1 Å². The number of aliphatic hydroxyl groups is 3. The molecule has 1 rings (SSSR count). The van der Waals surface area contributed by atoms with Crippen molar-refractivity contribution in [2.24, 2.45) is 0 Å². The highest BCUT2D eigenvalue weighted by Crippen LogP contribution is 2.13. The highest BCUT2D eigenvalue weighted by Gasteiger charge is 2.21. The number of hydrogen-bond acceptors (Lipinski definition) is 6. The Morgan fingerprint density at radius 2 is 1.72 bits per heavy atom. The second-order valence-corrected chi connectivity index (χ2v) is 5.48. The van der Waals surface area contributed by atoms with E-state index >= 15 is 0 Å². The summed E-state index contributed by atoms with van der Waals surface area (Å²) in [6.07, 6.45) is -2.89. The average Bonchev–Trinajstić information content (AvgIpc) is 2.35. The molecular weight excluding hydrogens is 260 g/mol. The molecule has 0 saturated carbocycles. The molecule has 102 valence electrons. The van der Waals surface area contributed by atoms with Gasteiger partial charge in [0.2, 0.25) is 0 Å². The molecule has 0 aliphatic heterocycles. The minimum absolute atomic E-state index is 0.0289. The Labute approximate surface area is 106 Å². The molecule has 1 aromatic carbocycles. The van der Waals surface area contributed by atoms with Crippen molar-refractivity contribution in [2.75, 3.05) is 13.2 Å². The molecule has 6 nitrogen and oxygen atoms in total. The first kappa shape index (κ1) is 15.1. The van der Waals surface area contributed by atoms with Gasteiger partial charge >= 0.3 is 0 Å². The standard InChI is InChI=1S/C11H16O6S/c1-8-2-4-9(5-3-8)18(15,16)17-7-11(14)10(13)6-12/h2-5,10-14H,6-7H2,1H3/t10-,11+/m1/s1. The van der Waals surface area contributed by atoms with E-state index in [0.29, 0.717) is 0 Å². The van der Waals surface area contributed by atoms with Crippen molar-refractivity contribution in [3.05, 3.63) is 29.8 Å². The summed E-state index contributed by atoms with van der Waals surface area (Å²) in [5.41, 5.74) is 0.907. The lowest BCUT2D eigenvalue weighted by Gasteiger charge is -2.15. The molecule has 18 heavy (non-hydrogen) atoms. The Hall–Kier alpha value is -0.990. The molecule has 2 atom stereocenters. The number of benzene rings is 1. The second-order valence-electron chi connectivity index (χ2n) is 3.87. The van der Waals surface area contributed by atoms with Crippen LogP contribution < -0.4 is 0 Å². The molecular formula is C11H16O6S. The van der Waals surface area contributed by atoms with Gasteiger partial charge in [0, 0.05) is 0 Å². The summed E-state index contributed by atoms with van der Waals surface area (Å²) in [5.74, 6) is 0. The highest BCUT2D eigenvalue weighted by atomic mass is 32.2. The van der Waals surface area contributed by atoms with Crippen LogP contribution in [0, 0.1) is 6.92 Å². The molecule has 0 aliphatic rings. The minimum Gasteiger partial charge on any atom is -0.394 e. The van der Waals surface area contributed by atoms with Gasteiger partial charge < -0.3 is 15.3 Å². The van der Waals surface area contributed by atoms with Gasteiger partial charge in [-0.05, 0) is 19.1 Å². The zero-order chi connectivity index (χ0) is 13.8. The zero-order valence-corrected chi connectivity index (χ0v) is 10.7. The summed E-state index contributed by atoms with van der Waals surface area (Å²) in [7, 11) is -3.97. The van der Waals surface area contributed by atoms with E-state index in [9.17, 15) is 13.5 Å². The largest absolute Gasteiger partial charge is 0.394 e. The molecule has 0 amide bonds. The summed E-state index contributed by atoms with van der Waals surface area (Å²) < 4.78 is 28.0. The SMILES string of the molecule is Cc1ccc(S(=O)(=O)OC[C@H](O)[C@H](O)CO)cc1. The van der Waals surface area contributed by atoms with Gasteiger partial charge in [-0.2, -0.15) is 8.42 Å². The second kappa shape index (κ2) is 6.26. The first-order valence-electron chi connectivity index (χ1n) is 5.30. The molecule has 0 radical (unpaired) electrons. The number of aryl methyl sites for hydroxylation is 1. The molecule has 0 bridgehead atoms. The average molecular weight is 276 g/mol. The molecule has 0 unspecified atom stereocenters. The van der Waals surface area contributed by atoms with Crippen LogP contribution in [0.4, 0.5) is 0 Å². The van der Waals surface area contributed by atoms with E-state index in [1.165, 1.54) is 12.1 Å². The Kier molecular flexibility index (Phi) is 5.24. The van der Waals surface area contributed by atoms with Gasteiger partial charge in [0.15, 0.2) is 0 Å². The number of aliphatic hydroxyl groups excluding tert-OH is 3.